The lowest BCUT2D eigenvalue weighted by molar-refractivity contribution is 0.477. The molecular formula is C30H20N4O2. The van der Waals surface area contributed by atoms with E-state index in [0.717, 1.165) is 50.2 Å². The molecule has 0 amide bonds. The van der Waals surface area contributed by atoms with Crippen molar-refractivity contribution in [1.29, 1.82) is 0 Å². The number of fused-ring (bicyclic) bond motifs is 4. The summed E-state index contributed by atoms with van der Waals surface area (Å²) in [7, 11) is 0. The molecular weight excluding hydrogens is 448 g/mol. The molecule has 0 aliphatic carbocycles. The van der Waals surface area contributed by atoms with Crippen LogP contribution in [0.4, 0.5) is 0 Å². The molecule has 6 nitrogen and oxygen atoms in total. The van der Waals surface area contributed by atoms with Crippen molar-refractivity contribution in [3.63, 3.8) is 0 Å². The summed E-state index contributed by atoms with van der Waals surface area (Å²) in [6.45, 7) is 2.01. The largest absolute Gasteiger partial charge is 0.507 e. The van der Waals surface area contributed by atoms with E-state index in [1.165, 1.54) is 0 Å². The van der Waals surface area contributed by atoms with Crippen LogP contribution in [0.2, 0.25) is 0 Å². The van der Waals surface area contributed by atoms with Gasteiger partial charge < -0.3 is 13.9 Å². The number of nitrogens with zero attached hydrogens (tertiary/aromatic N) is 4. The van der Waals surface area contributed by atoms with Gasteiger partial charge in [0.15, 0.2) is 11.4 Å². The predicted octanol–water partition coefficient (Wildman–Crippen LogP) is 7.04. The number of para-hydroxylation sites is 2. The minimum atomic E-state index is 0.215. The Labute approximate surface area is 206 Å². The van der Waals surface area contributed by atoms with Gasteiger partial charge >= 0.3 is 0 Å². The summed E-state index contributed by atoms with van der Waals surface area (Å²) < 4.78 is 7.95. The molecule has 0 radical (unpaired) electrons. The average Bonchev–Trinajstić information content (AvgIpc) is 3.46. The second-order valence-corrected chi connectivity index (χ2v) is 8.76. The maximum atomic E-state index is 10.4. The van der Waals surface area contributed by atoms with Crippen LogP contribution in [0.25, 0.3) is 61.5 Å². The fourth-order valence-corrected chi connectivity index (χ4v) is 4.81. The van der Waals surface area contributed by atoms with Gasteiger partial charge in [0.2, 0.25) is 0 Å². The Hall–Kier alpha value is -4.97. The normalized spacial score (nSPS) is 11.6. The number of rotatable bonds is 3. The van der Waals surface area contributed by atoms with Crippen molar-refractivity contribution >= 4 is 27.7 Å². The van der Waals surface area contributed by atoms with Crippen molar-refractivity contribution < 1.29 is 9.52 Å². The van der Waals surface area contributed by atoms with Crippen LogP contribution in [-0.4, -0.2) is 24.5 Å². The Morgan fingerprint density at radius 2 is 1.58 bits per heavy atom. The quantitative estimate of drug-likeness (QED) is 0.301. The number of hydrogen-bond acceptors (Lipinski definition) is 5. The fourth-order valence-electron chi connectivity index (χ4n) is 4.81. The summed E-state index contributed by atoms with van der Waals surface area (Å²) in [5, 5.41) is 11.4. The molecule has 0 aliphatic rings. The first-order chi connectivity index (χ1) is 17.7. The van der Waals surface area contributed by atoms with Gasteiger partial charge in [0.25, 0.3) is 0 Å². The molecule has 0 aliphatic heterocycles. The van der Waals surface area contributed by atoms with Crippen molar-refractivity contribution in [3.8, 4) is 39.5 Å². The van der Waals surface area contributed by atoms with E-state index >= 15 is 0 Å². The van der Waals surface area contributed by atoms with Gasteiger partial charge in [0, 0.05) is 34.0 Å². The summed E-state index contributed by atoms with van der Waals surface area (Å²) in [5.74, 6) is 0.851. The van der Waals surface area contributed by atoms with Crippen LogP contribution < -0.4 is 0 Å². The van der Waals surface area contributed by atoms with Crippen molar-refractivity contribution in [2.24, 2.45) is 0 Å². The van der Waals surface area contributed by atoms with Gasteiger partial charge in [-0.05, 0) is 55.0 Å². The molecule has 4 aromatic heterocycles. The lowest BCUT2D eigenvalue weighted by Gasteiger charge is -2.07. The van der Waals surface area contributed by atoms with E-state index in [9.17, 15) is 5.11 Å². The summed E-state index contributed by atoms with van der Waals surface area (Å²) >= 11 is 0. The van der Waals surface area contributed by atoms with Gasteiger partial charge in [-0.3, -0.25) is 0 Å². The number of aromatic nitrogens is 4. The van der Waals surface area contributed by atoms with E-state index in [-0.39, 0.29) is 5.75 Å². The van der Waals surface area contributed by atoms with Crippen LogP contribution in [0.15, 0.2) is 102 Å². The number of imidazole rings is 1. The lowest BCUT2D eigenvalue weighted by Crippen LogP contribution is -1.92. The van der Waals surface area contributed by atoms with Crippen molar-refractivity contribution in [2.75, 3.05) is 0 Å². The molecule has 6 heteroatoms. The van der Waals surface area contributed by atoms with E-state index < -0.39 is 0 Å². The van der Waals surface area contributed by atoms with Crippen molar-refractivity contribution in [1.82, 2.24) is 19.4 Å². The molecule has 0 atom stereocenters. The molecule has 0 saturated carbocycles. The molecule has 36 heavy (non-hydrogen) atoms. The first-order valence-electron chi connectivity index (χ1n) is 11.7. The standard InChI is InChI=1S/C30H20N4O2/c1-18-27(22-10-2-4-13-24(22)35)33-30-21(12-7-15-34(18)30)19-8-6-9-20(16-19)29-31-17-26-28(32-29)23-11-3-5-14-25(23)36-26/h2-17,35H,1H3. The van der Waals surface area contributed by atoms with Crippen LogP contribution in [0.1, 0.15) is 5.69 Å². The number of pyridine rings is 1. The maximum absolute atomic E-state index is 10.4. The highest BCUT2D eigenvalue weighted by Crippen LogP contribution is 2.35. The molecule has 0 fully saturated rings. The van der Waals surface area contributed by atoms with Crippen molar-refractivity contribution in [3.05, 3.63) is 103 Å². The van der Waals surface area contributed by atoms with E-state index in [1.54, 1.807) is 12.3 Å². The van der Waals surface area contributed by atoms with Crippen LogP contribution in [0, 0.1) is 6.92 Å². The van der Waals surface area contributed by atoms with E-state index in [2.05, 4.69) is 27.6 Å². The number of aryl methyl sites for hydroxylation is 1. The third kappa shape index (κ3) is 3.08. The van der Waals surface area contributed by atoms with E-state index in [4.69, 9.17) is 14.4 Å². The predicted molar refractivity (Wildman–Crippen MR) is 141 cm³/mol. The molecule has 0 saturated heterocycles. The first kappa shape index (κ1) is 20.4. The smallest absolute Gasteiger partial charge is 0.172 e. The number of phenols is 1. The van der Waals surface area contributed by atoms with Crippen LogP contribution >= 0.6 is 0 Å². The summed E-state index contributed by atoms with van der Waals surface area (Å²) in [4.78, 5) is 14.4. The zero-order valence-corrected chi connectivity index (χ0v) is 19.4. The molecule has 3 aromatic carbocycles. The summed E-state index contributed by atoms with van der Waals surface area (Å²) in [6.07, 6.45) is 3.73. The number of furan rings is 1. The number of hydrogen-bond donors (Lipinski definition) is 1. The van der Waals surface area contributed by atoms with Gasteiger partial charge in [0.05, 0.1) is 11.9 Å². The third-order valence-corrected chi connectivity index (χ3v) is 6.60. The van der Waals surface area contributed by atoms with Gasteiger partial charge in [-0.1, -0.05) is 42.5 Å². The summed E-state index contributed by atoms with van der Waals surface area (Å²) in [5.41, 5.74) is 8.44. The second kappa shape index (κ2) is 7.78. The fraction of sp³-hybridized carbons (Fsp3) is 0.0333. The maximum Gasteiger partial charge on any atom is 0.172 e. The third-order valence-electron chi connectivity index (χ3n) is 6.60. The average molecular weight is 469 g/mol. The Morgan fingerprint density at radius 1 is 0.778 bits per heavy atom. The molecule has 7 rings (SSSR count). The minimum absolute atomic E-state index is 0.215. The number of benzene rings is 3. The van der Waals surface area contributed by atoms with Crippen LogP contribution in [-0.2, 0) is 0 Å². The van der Waals surface area contributed by atoms with Crippen molar-refractivity contribution in [2.45, 2.75) is 6.92 Å². The molecule has 4 heterocycles. The molecule has 1 N–H and O–H groups in total. The molecule has 0 spiro atoms. The Kier molecular flexibility index (Phi) is 4.41. The zero-order valence-electron chi connectivity index (χ0n) is 19.4. The Balaban J connectivity index is 1.37. The number of aromatic hydroxyl groups is 1. The van der Waals surface area contributed by atoms with Gasteiger partial charge in [-0.2, -0.15) is 0 Å². The topological polar surface area (TPSA) is 76.5 Å². The first-order valence-corrected chi connectivity index (χ1v) is 11.7. The van der Waals surface area contributed by atoms with Gasteiger partial charge in [0.1, 0.15) is 22.5 Å². The Bertz CT molecular complexity index is 1930. The molecule has 0 bridgehead atoms. The number of phenolic OH excluding ortho intramolecular Hbond substituents is 1. The summed E-state index contributed by atoms with van der Waals surface area (Å²) in [6, 6.07) is 27.4. The highest BCUT2D eigenvalue weighted by molar-refractivity contribution is 6.02. The van der Waals surface area contributed by atoms with E-state index in [0.29, 0.717) is 17.0 Å². The molecule has 0 unspecified atom stereocenters. The van der Waals surface area contributed by atoms with Gasteiger partial charge in [-0.25, -0.2) is 15.0 Å². The minimum Gasteiger partial charge on any atom is -0.507 e. The monoisotopic (exact) mass is 468 g/mol. The second-order valence-electron chi connectivity index (χ2n) is 8.76. The van der Waals surface area contributed by atoms with Crippen LogP contribution in [0.5, 0.6) is 5.75 Å². The highest BCUT2D eigenvalue weighted by Gasteiger charge is 2.17. The SMILES string of the molecule is Cc1c(-c2ccccc2O)nc2c(-c3cccc(-c4ncc5oc6ccccc6c5n4)c3)cccn12. The molecule has 7 aromatic rings. The Morgan fingerprint density at radius 3 is 2.50 bits per heavy atom. The van der Waals surface area contributed by atoms with Crippen LogP contribution in [0.3, 0.4) is 0 Å². The lowest BCUT2D eigenvalue weighted by atomic mass is 10.0. The van der Waals surface area contributed by atoms with E-state index in [1.807, 2.05) is 73.8 Å². The highest BCUT2D eigenvalue weighted by atomic mass is 16.3. The van der Waals surface area contributed by atoms with Gasteiger partial charge in [-0.15, -0.1) is 0 Å². The zero-order chi connectivity index (χ0) is 24.2. The molecule has 172 valence electrons.